The fourth-order valence-electron chi connectivity index (χ4n) is 3.59. The molecule has 3 aromatic rings. The van der Waals surface area contributed by atoms with Gasteiger partial charge in [0.25, 0.3) is 5.91 Å². The third-order valence-corrected chi connectivity index (χ3v) is 6.36. The number of fused-ring (bicyclic) bond motifs is 1. The van der Waals surface area contributed by atoms with Gasteiger partial charge in [-0.15, -0.1) is 11.3 Å². The topological polar surface area (TPSA) is 119 Å². The van der Waals surface area contributed by atoms with Gasteiger partial charge in [0.2, 0.25) is 18.6 Å². The molecule has 1 aliphatic heterocycles. The van der Waals surface area contributed by atoms with Crippen LogP contribution in [0.25, 0.3) is 0 Å². The Balaban J connectivity index is 1.27. The highest BCUT2D eigenvalue weighted by atomic mass is 32.1. The van der Waals surface area contributed by atoms with Gasteiger partial charge in [0.15, 0.2) is 16.6 Å². The number of benzene rings is 2. The van der Waals surface area contributed by atoms with Gasteiger partial charge in [-0.25, -0.2) is 4.98 Å². The molecule has 2 N–H and O–H groups in total. The smallest absolute Gasteiger partial charge is 0.254 e. The lowest BCUT2D eigenvalue weighted by Gasteiger charge is -2.21. The molecule has 4 rings (SSSR count). The summed E-state index contributed by atoms with van der Waals surface area (Å²) >= 11 is 1.22. The van der Waals surface area contributed by atoms with Crippen molar-refractivity contribution in [3.63, 3.8) is 0 Å². The highest BCUT2D eigenvalue weighted by Gasteiger charge is 2.20. The zero-order valence-corrected chi connectivity index (χ0v) is 21.4. The summed E-state index contributed by atoms with van der Waals surface area (Å²) in [6, 6.07) is 12.7. The molecule has 0 unspecified atom stereocenters. The summed E-state index contributed by atoms with van der Waals surface area (Å²) in [5.41, 5.74) is 2.97. The van der Waals surface area contributed by atoms with E-state index in [0.29, 0.717) is 41.0 Å². The number of ether oxygens (including phenoxy) is 3. The molecule has 0 aliphatic carbocycles. The Morgan fingerprint density at radius 3 is 2.65 bits per heavy atom. The van der Waals surface area contributed by atoms with Gasteiger partial charge in [-0.1, -0.05) is 23.8 Å². The molecule has 194 valence electrons. The Labute approximate surface area is 218 Å². The molecule has 0 spiro atoms. The molecule has 0 atom stereocenters. The van der Waals surface area contributed by atoms with Crippen LogP contribution in [-0.2, 0) is 27.3 Å². The van der Waals surface area contributed by atoms with Crippen molar-refractivity contribution in [2.24, 2.45) is 0 Å². The van der Waals surface area contributed by atoms with Crippen LogP contribution in [-0.4, -0.2) is 61.2 Å². The number of hydrogen-bond acceptors (Lipinski definition) is 8. The maximum atomic E-state index is 12.9. The predicted molar refractivity (Wildman–Crippen MR) is 138 cm³/mol. The summed E-state index contributed by atoms with van der Waals surface area (Å²) in [5.74, 6) is 0.507. The van der Waals surface area contributed by atoms with Gasteiger partial charge in [0.05, 0.1) is 18.7 Å². The van der Waals surface area contributed by atoms with E-state index in [1.165, 1.54) is 23.3 Å². The minimum atomic E-state index is -0.385. The van der Waals surface area contributed by atoms with Gasteiger partial charge in [0, 0.05) is 31.1 Å². The normalized spacial score (nSPS) is 11.7. The van der Waals surface area contributed by atoms with Crippen LogP contribution in [0.2, 0.25) is 0 Å². The maximum Gasteiger partial charge on any atom is 0.254 e. The van der Waals surface area contributed by atoms with E-state index in [1.54, 1.807) is 17.5 Å². The number of methoxy groups -OCH3 is 1. The Kier molecular flexibility index (Phi) is 8.70. The van der Waals surface area contributed by atoms with E-state index in [0.717, 1.165) is 11.1 Å². The maximum absolute atomic E-state index is 12.9. The van der Waals surface area contributed by atoms with Gasteiger partial charge in [0.1, 0.15) is 6.54 Å². The van der Waals surface area contributed by atoms with E-state index < -0.39 is 0 Å². The SMILES string of the molecule is COCCN(CC(=O)Nc1nc(CC(=O)NCc2ccc3c(c2)OCO3)cs1)C(=O)c1ccc(C)cc1. The number of anilines is 1. The molecule has 0 bridgehead atoms. The molecular weight excluding hydrogens is 496 g/mol. The van der Waals surface area contributed by atoms with Crippen molar-refractivity contribution in [1.29, 1.82) is 0 Å². The van der Waals surface area contributed by atoms with Crippen LogP contribution < -0.4 is 20.1 Å². The fourth-order valence-corrected chi connectivity index (χ4v) is 4.32. The van der Waals surface area contributed by atoms with E-state index in [-0.39, 0.29) is 44.0 Å². The molecule has 2 aromatic carbocycles. The number of rotatable bonds is 11. The Bertz CT molecular complexity index is 1260. The fraction of sp³-hybridized carbons (Fsp3) is 0.308. The molecule has 11 heteroatoms. The number of amides is 3. The Hall–Kier alpha value is -3.96. The highest BCUT2D eigenvalue weighted by molar-refractivity contribution is 7.13. The van der Waals surface area contributed by atoms with Crippen molar-refractivity contribution in [2.75, 3.05) is 38.9 Å². The number of hydrogen-bond donors (Lipinski definition) is 2. The molecule has 1 aliphatic rings. The number of nitrogens with one attached hydrogen (secondary N) is 2. The minimum Gasteiger partial charge on any atom is -0.454 e. The lowest BCUT2D eigenvalue weighted by molar-refractivity contribution is -0.120. The Morgan fingerprint density at radius 1 is 1.08 bits per heavy atom. The van der Waals surface area contributed by atoms with Crippen molar-refractivity contribution in [3.05, 3.63) is 70.2 Å². The van der Waals surface area contributed by atoms with E-state index in [2.05, 4.69) is 15.6 Å². The molecule has 37 heavy (non-hydrogen) atoms. The molecule has 0 saturated carbocycles. The second-order valence-corrected chi connectivity index (χ2v) is 9.28. The third-order valence-electron chi connectivity index (χ3n) is 5.55. The summed E-state index contributed by atoms with van der Waals surface area (Å²) in [5, 5.41) is 7.65. The first kappa shape index (κ1) is 26.1. The van der Waals surface area contributed by atoms with Crippen LogP contribution in [0.3, 0.4) is 0 Å². The average Bonchev–Trinajstić information content (AvgIpc) is 3.54. The molecule has 10 nitrogen and oxygen atoms in total. The van der Waals surface area contributed by atoms with Crippen LogP contribution in [0, 0.1) is 6.92 Å². The van der Waals surface area contributed by atoms with Crippen LogP contribution in [0.5, 0.6) is 11.5 Å². The monoisotopic (exact) mass is 524 g/mol. The van der Waals surface area contributed by atoms with E-state index in [1.807, 2.05) is 37.3 Å². The number of nitrogens with zero attached hydrogens (tertiary/aromatic N) is 2. The molecule has 1 aromatic heterocycles. The van der Waals surface area contributed by atoms with Gasteiger partial charge < -0.3 is 29.7 Å². The summed E-state index contributed by atoms with van der Waals surface area (Å²) < 4.78 is 15.7. The van der Waals surface area contributed by atoms with Crippen molar-refractivity contribution in [2.45, 2.75) is 19.9 Å². The zero-order valence-electron chi connectivity index (χ0n) is 20.6. The van der Waals surface area contributed by atoms with Gasteiger partial charge in [-0.3, -0.25) is 14.4 Å². The van der Waals surface area contributed by atoms with Crippen molar-refractivity contribution in [3.8, 4) is 11.5 Å². The van der Waals surface area contributed by atoms with Crippen molar-refractivity contribution >= 4 is 34.2 Å². The lowest BCUT2D eigenvalue weighted by Crippen LogP contribution is -2.40. The summed E-state index contributed by atoms with van der Waals surface area (Å²) in [6.45, 7) is 2.89. The molecule has 0 saturated heterocycles. The van der Waals surface area contributed by atoms with Gasteiger partial charge >= 0.3 is 0 Å². The highest BCUT2D eigenvalue weighted by Crippen LogP contribution is 2.32. The molecular formula is C26H28N4O6S. The summed E-state index contributed by atoms with van der Waals surface area (Å²) in [4.78, 5) is 43.7. The number of aromatic nitrogens is 1. The quantitative estimate of drug-likeness (QED) is 0.396. The van der Waals surface area contributed by atoms with Crippen LogP contribution in [0.15, 0.2) is 47.8 Å². The third kappa shape index (κ3) is 7.28. The lowest BCUT2D eigenvalue weighted by atomic mass is 10.1. The van der Waals surface area contributed by atoms with Gasteiger partial charge in [-0.2, -0.15) is 0 Å². The second-order valence-electron chi connectivity index (χ2n) is 8.42. The summed E-state index contributed by atoms with van der Waals surface area (Å²) in [6.07, 6.45) is 0.0722. The zero-order chi connectivity index (χ0) is 26.2. The second kappa shape index (κ2) is 12.3. The Morgan fingerprint density at radius 2 is 1.86 bits per heavy atom. The van der Waals surface area contributed by atoms with Gasteiger partial charge in [-0.05, 0) is 36.8 Å². The van der Waals surface area contributed by atoms with E-state index in [9.17, 15) is 14.4 Å². The summed E-state index contributed by atoms with van der Waals surface area (Å²) in [7, 11) is 1.54. The van der Waals surface area contributed by atoms with Crippen molar-refractivity contribution < 1.29 is 28.6 Å². The van der Waals surface area contributed by atoms with Crippen LogP contribution in [0.4, 0.5) is 5.13 Å². The first-order valence-corrected chi connectivity index (χ1v) is 12.5. The minimum absolute atomic E-state index is 0.0722. The number of carbonyl (C=O) groups is 3. The molecule has 2 heterocycles. The van der Waals surface area contributed by atoms with E-state index >= 15 is 0 Å². The number of thiazole rings is 1. The van der Waals surface area contributed by atoms with Crippen molar-refractivity contribution in [1.82, 2.24) is 15.2 Å². The molecule has 3 amide bonds. The average molecular weight is 525 g/mol. The first-order valence-electron chi connectivity index (χ1n) is 11.7. The number of aryl methyl sites for hydroxylation is 1. The number of carbonyl (C=O) groups excluding carboxylic acids is 3. The largest absolute Gasteiger partial charge is 0.454 e. The standard InChI is InChI=1S/C26H28N4O6S/c1-17-3-6-19(7-4-17)25(33)30(9-10-34-2)14-24(32)29-26-28-20(15-37-26)12-23(31)27-13-18-5-8-21-22(11-18)36-16-35-21/h3-8,11,15H,9-10,12-14,16H2,1-2H3,(H,27,31)(H,28,29,32). The van der Waals surface area contributed by atoms with E-state index in [4.69, 9.17) is 14.2 Å². The molecule has 0 fully saturated rings. The van der Waals surface area contributed by atoms with Crippen LogP contribution in [0.1, 0.15) is 27.2 Å². The predicted octanol–water partition coefficient (Wildman–Crippen LogP) is 2.77. The first-order chi connectivity index (χ1) is 17.9. The molecule has 0 radical (unpaired) electrons. The van der Waals surface area contributed by atoms with Crippen LogP contribution >= 0.6 is 11.3 Å².